The molecule has 3 aromatic carbocycles. The maximum atomic E-state index is 12.6. The van der Waals surface area contributed by atoms with Crippen molar-refractivity contribution in [1.29, 1.82) is 0 Å². The van der Waals surface area contributed by atoms with E-state index in [1.165, 1.54) is 0 Å². The van der Waals surface area contributed by atoms with Crippen molar-refractivity contribution in [2.24, 2.45) is 15.4 Å². The van der Waals surface area contributed by atoms with Gasteiger partial charge >= 0.3 is 68.3 Å². The first kappa shape index (κ1) is 96.0. The normalized spacial score (nSPS) is 12.7. The predicted octanol–water partition coefficient (Wildman–Crippen LogP) is 10.2. The lowest BCUT2D eigenvalue weighted by molar-refractivity contribution is -0.160. The monoisotopic (exact) mass is 1540 g/mol. The van der Waals surface area contributed by atoms with Crippen molar-refractivity contribution in [2.75, 3.05) is 0 Å². The summed E-state index contributed by atoms with van der Waals surface area (Å²) >= 11 is 0. The highest BCUT2D eigenvalue weighted by atomic mass is 32.2. The van der Waals surface area contributed by atoms with Crippen LogP contribution in [0.4, 0.5) is 16.2 Å². The predicted molar refractivity (Wildman–Crippen MR) is 389 cm³/mol. The lowest BCUT2D eigenvalue weighted by Crippen LogP contribution is -2.50. The summed E-state index contributed by atoms with van der Waals surface area (Å²) in [6.45, 7) is 29.7. The average Bonchev–Trinajstić information content (AvgIpc) is 0.857. The molecule has 590 valence electrons. The number of nitrogens with two attached hydrogens (primary N) is 1. The smallest absolute Gasteiger partial charge is 0.422 e. The van der Waals surface area contributed by atoms with Gasteiger partial charge in [0.25, 0.3) is 10.2 Å². The Bertz CT molecular complexity index is 3800. The molecule has 38 heteroatoms. The van der Waals surface area contributed by atoms with Gasteiger partial charge in [-0.25, -0.2) is 19.4 Å². The first-order valence-electron chi connectivity index (χ1n) is 32.8. The molecule has 2 amide bonds. The number of nitrogens with one attached hydrogen (secondary N) is 5. The van der Waals surface area contributed by atoms with Crippen molar-refractivity contribution in [3.63, 3.8) is 0 Å². The van der Waals surface area contributed by atoms with E-state index in [1.54, 1.807) is 196 Å². The SMILES string of the molecule is CC(C)(C)OC(=O)CC[C@H](NS(=O)(=O)NC(=O)CCCc1ccc(N=[N+]=[N-])cc1)C(=O)OC(C)(C)C.CC(C)(C)OC(=O)CC[C@H](NS(=O)(=O)NC(=O)OCc1ccccc1)C(=O)OC(C)(C)C.CC(C)(C)OC(=O)CC[C@H](NS(N)(=O)=O)C(=O)OC(C)(C)C.[HH].[N-]=[N+]=Nc1ccc(CCCC(=O)O)cc1. The van der Waals surface area contributed by atoms with Gasteiger partial charge in [0.05, 0.1) is 0 Å². The minimum Gasteiger partial charge on any atom is -0.481 e. The highest BCUT2D eigenvalue weighted by Gasteiger charge is 2.34. The summed E-state index contributed by atoms with van der Waals surface area (Å²) in [6, 6.07) is 18.5. The minimum absolute atomic E-state index is 0. The minimum atomic E-state index is -4.50. The molecular formula is C67H106N12O23S3. The Hall–Kier alpha value is -9.00. The number of carbonyl (C=O) groups is 9. The molecule has 35 nitrogen and oxygen atoms in total. The number of amides is 2. The quantitative estimate of drug-likeness (QED) is 0.0100. The van der Waals surface area contributed by atoms with Crippen LogP contribution in [0.3, 0.4) is 0 Å². The zero-order valence-corrected chi connectivity index (χ0v) is 65.3. The fraction of sp³-hybridized carbons (Fsp3) is 0.597. The van der Waals surface area contributed by atoms with Crippen LogP contribution in [-0.4, -0.2) is 136 Å². The Morgan fingerprint density at radius 3 is 1.07 bits per heavy atom. The van der Waals surface area contributed by atoms with Crippen LogP contribution in [-0.2, 0) is 122 Å². The number of aryl methyl sites for hydroxylation is 2. The third kappa shape index (κ3) is 53.4. The van der Waals surface area contributed by atoms with Crippen molar-refractivity contribution < 1.29 is 108 Å². The first-order chi connectivity index (χ1) is 47.9. The van der Waals surface area contributed by atoms with Crippen molar-refractivity contribution in [1.82, 2.24) is 23.6 Å². The van der Waals surface area contributed by atoms with Crippen LogP contribution in [0.1, 0.15) is 207 Å². The van der Waals surface area contributed by atoms with E-state index in [0.717, 1.165) is 17.5 Å². The van der Waals surface area contributed by atoms with Gasteiger partial charge in [0, 0.05) is 54.7 Å². The van der Waals surface area contributed by atoms with Gasteiger partial charge in [-0.2, -0.15) is 39.4 Å². The van der Waals surface area contributed by atoms with Crippen LogP contribution in [0.25, 0.3) is 20.9 Å². The summed E-state index contributed by atoms with van der Waals surface area (Å²) in [5, 5.41) is 20.3. The summed E-state index contributed by atoms with van der Waals surface area (Å²) in [4.78, 5) is 112. The van der Waals surface area contributed by atoms with E-state index < -0.39 is 136 Å². The summed E-state index contributed by atoms with van der Waals surface area (Å²) in [7, 11) is -13.0. The number of hydrogen-bond acceptors (Lipinski definition) is 24. The number of carboxylic acid groups (broad SMARTS) is 1. The molecule has 8 N–H and O–H groups in total. The molecule has 0 fully saturated rings. The number of esters is 6. The van der Waals surface area contributed by atoms with E-state index in [0.29, 0.717) is 36.2 Å². The zero-order chi connectivity index (χ0) is 81.0. The number of benzene rings is 3. The van der Waals surface area contributed by atoms with Crippen molar-refractivity contribution in [3.05, 3.63) is 116 Å². The van der Waals surface area contributed by atoms with Crippen LogP contribution in [0.2, 0.25) is 0 Å². The van der Waals surface area contributed by atoms with E-state index in [-0.39, 0.29) is 59.4 Å². The van der Waals surface area contributed by atoms with Crippen molar-refractivity contribution in [2.45, 2.75) is 260 Å². The van der Waals surface area contributed by atoms with Gasteiger partial charge in [0.15, 0.2) is 0 Å². The van der Waals surface area contributed by atoms with E-state index in [4.69, 9.17) is 54.5 Å². The van der Waals surface area contributed by atoms with E-state index in [2.05, 4.69) is 24.8 Å². The fourth-order valence-corrected chi connectivity index (χ4v) is 10.5. The number of nitrogens with zero attached hydrogens (tertiary/aromatic N) is 6. The Morgan fingerprint density at radius 2 is 0.762 bits per heavy atom. The summed E-state index contributed by atoms with van der Waals surface area (Å²) in [6.07, 6.45) is -0.136. The average molecular weight is 1540 g/mol. The van der Waals surface area contributed by atoms with Crippen LogP contribution in [0.15, 0.2) is 89.1 Å². The molecule has 0 bridgehead atoms. The molecule has 0 spiro atoms. The molecule has 3 aromatic rings. The second-order valence-corrected chi connectivity index (χ2v) is 33.3. The Kier molecular flexibility index (Phi) is 40.3. The number of carbonyl (C=O) groups excluding carboxylic acids is 8. The number of rotatable bonds is 32. The second kappa shape index (κ2) is 44.1. The van der Waals surface area contributed by atoms with Crippen LogP contribution >= 0.6 is 0 Å². The summed E-state index contributed by atoms with van der Waals surface area (Å²) in [5.74, 6) is -5.88. The first-order valence-corrected chi connectivity index (χ1v) is 37.4. The van der Waals surface area contributed by atoms with E-state index >= 15 is 0 Å². The molecule has 3 rings (SSSR count). The topological polar surface area (TPSA) is 525 Å². The van der Waals surface area contributed by atoms with Gasteiger partial charge in [-0.3, -0.25) is 38.4 Å². The molecule has 0 unspecified atom stereocenters. The number of aliphatic carboxylic acids is 1. The van der Waals surface area contributed by atoms with Gasteiger partial charge in [0.2, 0.25) is 5.91 Å². The Balaban J connectivity index is 0. The molecule has 3 atom stereocenters. The molecule has 0 heterocycles. The zero-order valence-electron chi connectivity index (χ0n) is 62.8. The van der Waals surface area contributed by atoms with Gasteiger partial charge in [-0.05, 0) is 197 Å². The maximum Gasteiger partial charge on any atom is 0.422 e. The molecule has 0 saturated carbocycles. The molecular weight excluding hydrogens is 1440 g/mol. The Morgan fingerprint density at radius 1 is 0.448 bits per heavy atom. The standard InChI is InChI=1S/C23H35N5O7S.C21H32N2O8S.C13H26N2O6S.C10H11N3O2.H2/c1-22(2,3)34-20(30)15-14-18(21(31)35-23(4,5)6)26-36(32,33)27-19(29)9-7-8-16-10-12-17(13-11-16)25-28-24;1-20(2,3)30-17(24)13-12-16(18(25)31-21(4,5)6)22-32(27,28)23-19(26)29-14-15-10-8-7-9-11-15;1-12(2,3)20-10(16)8-7-9(15-22(14,18)19)11(17)21-13(4,5)6;11-13-12-9-6-4-8(5-7-9)2-1-3-10(14)15;/h10-13,18,26H,7-9,14-15H2,1-6H3,(H,27,29);7-11,16,22H,12-14H2,1-6H3,(H,23,26);9,15H,7-8H2,1-6H3,(H2,14,18,19);4-7H,1-3H2,(H,14,15);1H/t18-;16-;9-;;/m000../s1. The molecule has 0 aliphatic rings. The van der Waals surface area contributed by atoms with Crippen LogP contribution in [0, 0.1) is 0 Å². The lowest BCUT2D eigenvalue weighted by atomic mass is 10.1. The number of hydrogen-bond donors (Lipinski definition) is 7. The number of azide groups is 2. The molecule has 0 aromatic heterocycles. The number of ether oxygens (including phenoxy) is 7. The highest BCUT2D eigenvalue weighted by molar-refractivity contribution is 7.88. The van der Waals surface area contributed by atoms with Crippen molar-refractivity contribution in [3.8, 4) is 0 Å². The molecule has 0 saturated heterocycles. The van der Waals surface area contributed by atoms with Gasteiger partial charge in [0.1, 0.15) is 58.3 Å². The largest absolute Gasteiger partial charge is 0.481 e. The van der Waals surface area contributed by atoms with E-state index in [9.17, 15) is 68.4 Å². The lowest BCUT2D eigenvalue weighted by Gasteiger charge is -2.25. The second-order valence-electron chi connectivity index (χ2n) is 29.0. The van der Waals surface area contributed by atoms with Gasteiger partial charge in [-0.15, -0.1) is 0 Å². The highest BCUT2D eigenvalue weighted by Crippen LogP contribution is 2.20. The maximum absolute atomic E-state index is 12.6. The van der Waals surface area contributed by atoms with Crippen LogP contribution < -0.4 is 28.7 Å². The summed E-state index contributed by atoms with van der Waals surface area (Å²) < 4.78 is 118. The van der Waals surface area contributed by atoms with E-state index in [1.807, 2.05) is 26.3 Å². The molecule has 0 aliphatic carbocycles. The third-order valence-electron chi connectivity index (χ3n) is 11.7. The van der Waals surface area contributed by atoms with Crippen molar-refractivity contribution >= 4 is 95.8 Å². The molecule has 105 heavy (non-hydrogen) atoms. The Labute approximate surface area is 616 Å². The molecule has 0 aliphatic heterocycles. The molecule has 0 radical (unpaired) electrons. The van der Waals surface area contributed by atoms with Crippen LogP contribution in [0.5, 0.6) is 0 Å². The van der Waals surface area contributed by atoms with Gasteiger partial charge < -0.3 is 38.3 Å². The fourth-order valence-electron chi connectivity index (χ4n) is 7.91. The number of carboxylic acids is 1. The third-order valence-corrected chi connectivity index (χ3v) is 14.5. The van der Waals surface area contributed by atoms with Gasteiger partial charge in [-0.1, -0.05) is 89.1 Å². The summed E-state index contributed by atoms with van der Waals surface area (Å²) in [5.41, 5.74) is 15.5.